The Bertz CT molecular complexity index is 769. The molecule has 0 saturated heterocycles. The Morgan fingerprint density at radius 1 is 1.19 bits per heavy atom. The monoisotopic (exact) mass is 368 g/mol. The first-order valence-corrected chi connectivity index (χ1v) is 8.76. The molecule has 1 fully saturated rings. The highest BCUT2D eigenvalue weighted by atomic mass is 19.1. The van der Waals surface area contributed by atoms with Crippen molar-refractivity contribution >= 4 is 0 Å². The Morgan fingerprint density at radius 2 is 1.81 bits per heavy atom. The third-order valence-corrected chi connectivity index (χ3v) is 4.20. The fourth-order valence-electron chi connectivity index (χ4n) is 3.11. The van der Waals surface area contributed by atoms with Crippen molar-refractivity contribution in [1.82, 2.24) is 9.55 Å². The Kier molecular flexibility index (Phi) is 5.63. The molecule has 0 unspecified atom stereocenters. The van der Waals surface area contributed by atoms with Crippen LogP contribution in [0.3, 0.4) is 0 Å². The van der Waals surface area contributed by atoms with Crippen molar-refractivity contribution in [2.45, 2.75) is 71.1 Å². The zero-order valence-corrected chi connectivity index (χ0v) is 16.3. The number of alkyl halides is 1. The van der Waals surface area contributed by atoms with Gasteiger partial charge in [-0.25, -0.2) is 9.18 Å². The lowest BCUT2D eigenvalue weighted by atomic mass is 10.0. The van der Waals surface area contributed by atoms with Crippen LogP contribution in [0.5, 0.6) is 0 Å². The molecule has 1 aliphatic rings. The fraction of sp³-hybridized carbons (Fsp3) is 0.684. The van der Waals surface area contributed by atoms with Gasteiger partial charge in [-0.3, -0.25) is 14.3 Å². The summed E-state index contributed by atoms with van der Waals surface area (Å²) in [6.45, 7) is 15.6. The Morgan fingerprint density at radius 3 is 2.31 bits per heavy atom. The summed E-state index contributed by atoms with van der Waals surface area (Å²) in [5, 5.41) is 0. The van der Waals surface area contributed by atoms with E-state index >= 15 is 4.39 Å². The molecule has 0 spiro atoms. The first-order valence-electron chi connectivity index (χ1n) is 8.76. The molecular weight excluding hydrogens is 339 g/mol. The van der Waals surface area contributed by atoms with Crippen LogP contribution in [-0.2, 0) is 9.47 Å². The van der Waals surface area contributed by atoms with Crippen LogP contribution in [0.2, 0.25) is 0 Å². The number of hydrogen-bond donors (Lipinski definition) is 1. The SMILES string of the molecule is C=C1[C@@H](n2ccc(=O)[nH]c2=O)[C@@H](F)[C@H](OC(C)(C)C)[C@H]1COC(C)(C)C. The van der Waals surface area contributed by atoms with E-state index in [0.717, 1.165) is 0 Å². The summed E-state index contributed by atoms with van der Waals surface area (Å²) in [5.74, 6) is -0.410. The van der Waals surface area contributed by atoms with Gasteiger partial charge in [0.15, 0.2) is 6.17 Å². The van der Waals surface area contributed by atoms with Crippen LogP contribution in [0.4, 0.5) is 4.39 Å². The molecule has 0 amide bonds. The average Bonchev–Trinajstić information content (AvgIpc) is 2.67. The highest BCUT2D eigenvalue weighted by Gasteiger charge is 2.50. The van der Waals surface area contributed by atoms with E-state index in [2.05, 4.69) is 11.6 Å². The highest BCUT2D eigenvalue weighted by Crippen LogP contribution is 2.44. The quantitative estimate of drug-likeness (QED) is 0.829. The van der Waals surface area contributed by atoms with E-state index in [1.807, 2.05) is 41.5 Å². The Balaban J connectivity index is 2.40. The lowest BCUT2D eigenvalue weighted by molar-refractivity contribution is -0.119. The zero-order chi connectivity index (χ0) is 19.9. The number of ether oxygens (including phenoxy) is 2. The second-order valence-electron chi connectivity index (χ2n) is 8.71. The normalized spacial score (nSPS) is 27.1. The first-order chi connectivity index (χ1) is 11.8. The van der Waals surface area contributed by atoms with Gasteiger partial charge in [0, 0.05) is 18.2 Å². The molecular formula is C19H29FN2O4. The van der Waals surface area contributed by atoms with Gasteiger partial charge in [0.25, 0.3) is 5.56 Å². The summed E-state index contributed by atoms with van der Waals surface area (Å²) < 4.78 is 28.4. The van der Waals surface area contributed by atoms with Gasteiger partial charge in [-0.2, -0.15) is 0 Å². The molecule has 0 aromatic carbocycles. The molecule has 1 heterocycles. The average molecular weight is 368 g/mol. The second-order valence-corrected chi connectivity index (χ2v) is 8.71. The van der Waals surface area contributed by atoms with E-state index in [-0.39, 0.29) is 6.61 Å². The van der Waals surface area contributed by atoms with Crippen LogP contribution >= 0.6 is 0 Å². The number of aromatic amines is 1. The van der Waals surface area contributed by atoms with Crippen LogP contribution in [0, 0.1) is 5.92 Å². The maximum Gasteiger partial charge on any atom is 0.328 e. The molecule has 2 rings (SSSR count). The minimum Gasteiger partial charge on any atom is -0.375 e. The van der Waals surface area contributed by atoms with Gasteiger partial charge < -0.3 is 9.47 Å². The smallest absolute Gasteiger partial charge is 0.328 e. The molecule has 1 aromatic heterocycles. The van der Waals surface area contributed by atoms with Crippen molar-refractivity contribution in [2.75, 3.05) is 6.61 Å². The number of halogens is 1. The van der Waals surface area contributed by atoms with Crippen molar-refractivity contribution in [2.24, 2.45) is 5.92 Å². The predicted octanol–water partition coefficient (Wildman–Crippen LogP) is 2.60. The van der Waals surface area contributed by atoms with E-state index < -0.39 is 46.7 Å². The number of H-pyrrole nitrogens is 1. The van der Waals surface area contributed by atoms with Gasteiger partial charge in [-0.1, -0.05) is 6.58 Å². The van der Waals surface area contributed by atoms with Crippen LogP contribution in [0.15, 0.2) is 34.0 Å². The Hall–Kier alpha value is -1.73. The summed E-state index contributed by atoms with van der Waals surface area (Å²) in [7, 11) is 0. The topological polar surface area (TPSA) is 73.3 Å². The van der Waals surface area contributed by atoms with Gasteiger partial charge in [0.05, 0.1) is 23.9 Å². The number of nitrogens with zero attached hydrogens (tertiary/aromatic N) is 1. The largest absolute Gasteiger partial charge is 0.375 e. The minimum atomic E-state index is -1.49. The second kappa shape index (κ2) is 7.12. The highest BCUT2D eigenvalue weighted by molar-refractivity contribution is 5.23. The number of nitrogens with one attached hydrogen (secondary N) is 1. The standard InChI is InChI=1S/C19H29FN2O4/c1-11-12(10-25-18(2,3)4)16(26-19(5,6)7)14(20)15(11)22-9-8-13(23)21-17(22)24/h8-9,12,14-16H,1,10H2,2-7H3,(H,21,23,24)/t12-,14+,15+,16+/m0/s1. The molecule has 1 N–H and O–H groups in total. The lowest BCUT2D eigenvalue weighted by Gasteiger charge is -2.31. The van der Waals surface area contributed by atoms with Crippen LogP contribution in [0.1, 0.15) is 47.6 Å². The maximum atomic E-state index is 15.4. The van der Waals surface area contributed by atoms with Crippen molar-refractivity contribution < 1.29 is 13.9 Å². The van der Waals surface area contributed by atoms with E-state index in [1.165, 1.54) is 16.8 Å². The summed E-state index contributed by atoms with van der Waals surface area (Å²) in [4.78, 5) is 25.6. The van der Waals surface area contributed by atoms with Crippen molar-refractivity contribution in [3.8, 4) is 0 Å². The van der Waals surface area contributed by atoms with Crippen LogP contribution in [-0.4, -0.2) is 39.6 Å². The van der Waals surface area contributed by atoms with Crippen LogP contribution < -0.4 is 11.2 Å². The predicted molar refractivity (Wildman–Crippen MR) is 98.2 cm³/mol. The van der Waals surface area contributed by atoms with E-state index in [9.17, 15) is 9.59 Å². The van der Waals surface area contributed by atoms with E-state index in [4.69, 9.17) is 9.47 Å². The molecule has 0 radical (unpaired) electrons. The summed E-state index contributed by atoms with van der Waals surface area (Å²) in [5.41, 5.74) is -1.64. The van der Waals surface area contributed by atoms with Gasteiger partial charge in [0.1, 0.15) is 6.10 Å². The molecule has 4 atom stereocenters. The van der Waals surface area contributed by atoms with Gasteiger partial charge in [-0.15, -0.1) is 0 Å². The number of hydrogen-bond acceptors (Lipinski definition) is 4. The number of aromatic nitrogens is 2. The van der Waals surface area contributed by atoms with Crippen molar-refractivity contribution in [3.05, 3.63) is 45.3 Å². The summed E-state index contributed by atoms with van der Waals surface area (Å²) in [6, 6.07) is 0.278. The third kappa shape index (κ3) is 4.71. The summed E-state index contributed by atoms with van der Waals surface area (Å²) >= 11 is 0. The van der Waals surface area contributed by atoms with Crippen molar-refractivity contribution in [3.63, 3.8) is 0 Å². The molecule has 146 valence electrons. The molecule has 6 nitrogen and oxygen atoms in total. The zero-order valence-electron chi connectivity index (χ0n) is 16.3. The van der Waals surface area contributed by atoms with Gasteiger partial charge in [-0.05, 0) is 47.1 Å². The molecule has 0 bridgehead atoms. The van der Waals surface area contributed by atoms with E-state index in [1.54, 1.807) is 0 Å². The molecule has 1 aliphatic carbocycles. The van der Waals surface area contributed by atoms with Gasteiger partial charge in [0.2, 0.25) is 0 Å². The Labute approximate surface area is 153 Å². The number of rotatable bonds is 4. The van der Waals surface area contributed by atoms with E-state index in [0.29, 0.717) is 5.57 Å². The molecule has 1 aromatic rings. The lowest BCUT2D eigenvalue weighted by Crippen LogP contribution is -2.39. The first kappa shape index (κ1) is 20.6. The molecule has 0 aliphatic heterocycles. The van der Waals surface area contributed by atoms with Crippen LogP contribution in [0.25, 0.3) is 0 Å². The van der Waals surface area contributed by atoms with Crippen molar-refractivity contribution in [1.29, 1.82) is 0 Å². The minimum absolute atomic E-state index is 0.234. The summed E-state index contributed by atoms with van der Waals surface area (Å²) in [6.07, 6.45) is -0.988. The third-order valence-electron chi connectivity index (χ3n) is 4.20. The molecule has 7 heteroatoms. The fourth-order valence-corrected chi connectivity index (χ4v) is 3.11. The van der Waals surface area contributed by atoms with Gasteiger partial charge >= 0.3 is 5.69 Å². The maximum absolute atomic E-state index is 15.4. The molecule has 1 saturated carbocycles. The molecule has 26 heavy (non-hydrogen) atoms.